The molecule has 0 saturated carbocycles. The highest BCUT2D eigenvalue weighted by Crippen LogP contribution is 2.36. The lowest BCUT2D eigenvalue weighted by Gasteiger charge is -2.10. The fourth-order valence-corrected chi connectivity index (χ4v) is 2.54. The molecule has 0 radical (unpaired) electrons. The molecule has 0 aliphatic rings. The van der Waals surface area contributed by atoms with Crippen LogP contribution in [0.25, 0.3) is 6.08 Å². The lowest BCUT2D eigenvalue weighted by atomic mass is 10.2. The summed E-state index contributed by atoms with van der Waals surface area (Å²) in [5.74, 6) is 0.505. The first kappa shape index (κ1) is 18.4. The number of benzene rings is 2. The third-order valence-electron chi connectivity index (χ3n) is 3.16. The summed E-state index contributed by atoms with van der Waals surface area (Å²) in [6, 6.07) is 11.0. The Balaban J connectivity index is 2.00. The van der Waals surface area contributed by atoms with E-state index in [0.29, 0.717) is 22.1 Å². The molecule has 6 heteroatoms. The number of carbonyl (C=O) groups is 1. The van der Waals surface area contributed by atoms with Gasteiger partial charge in [-0.15, -0.1) is 0 Å². The van der Waals surface area contributed by atoms with Crippen molar-refractivity contribution in [2.24, 2.45) is 0 Å². The molecule has 0 spiro atoms. The molecule has 0 unspecified atom stereocenters. The Morgan fingerprint density at radius 3 is 2.50 bits per heavy atom. The lowest BCUT2D eigenvalue weighted by Crippen LogP contribution is -2.00. The molecule has 0 saturated heterocycles. The van der Waals surface area contributed by atoms with Gasteiger partial charge in [0.25, 0.3) is 0 Å². The van der Waals surface area contributed by atoms with E-state index in [0.717, 1.165) is 10.0 Å². The molecule has 0 amide bonds. The summed E-state index contributed by atoms with van der Waals surface area (Å²) >= 11 is 9.48. The predicted molar refractivity (Wildman–Crippen MR) is 97.5 cm³/mol. The van der Waals surface area contributed by atoms with Crippen molar-refractivity contribution < 1.29 is 19.0 Å². The van der Waals surface area contributed by atoms with Gasteiger partial charge in [-0.3, -0.25) is 0 Å². The van der Waals surface area contributed by atoms with Crippen LogP contribution in [0.15, 0.2) is 46.9 Å². The van der Waals surface area contributed by atoms with Crippen molar-refractivity contribution in [2.45, 2.75) is 6.61 Å². The van der Waals surface area contributed by atoms with Crippen molar-refractivity contribution in [3.05, 3.63) is 63.1 Å². The Labute approximate surface area is 154 Å². The maximum atomic E-state index is 11.8. The molecule has 0 heterocycles. The highest BCUT2D eigenvalue weighted by atomic mass is 79.9. The number of rotatable bonds is 6. The Bertz CT molecular complexity index is 741. The molecule has 2 aromatic rings. The SMILES string of the molecule is COc1cc(/C=C/C(=O)OCc2ccc(Br)cc2)cc(Cl)c1OC. The van der Waals surface area contributed by atoms with Gasteiger partial charge in [-0.1, -0.05) is 39.7 Å². The molecule has 0 bridgehead atoms. The zero-order valence-electron chi connectivity index (χ0n) is 13.2. The van der Waals surface area contributed by atoms with Crippen LogP contribution in [-0.4, -0.2) is 20.2 Å². The largest absolute Gasteiger partial charge is 0.493 e. The van der Waals surface area contributed by atoms with Crippen LogP contribution in [0.3, 0.4) is 0 Å². The van der Waals surface area contributed by atoms with Gasteiger partial charge in [0, 0.05) is 10.5 Å². The van der Waals surface area contributed by atoms with Crippen LogP contribution in [0.2, 0.25) is 5.02 Å². The Kier molecular flexibility index (Phi) is 6.70. The third kappa shape index (κ3) is 5.01. The van der Waals surface area contributed by atoms with Gasteiger partial charge in [0.15, 0.2) is 11.5 Å². The van der Waals surface area contributed by atoms with Crippen molar-refractivity contribution in [1.29, 1.82) is 0 Å². The quantitative estimate of drug-likeness (QED) is 0.502. The monoisotopic (exact) mass is 410 g/mol. The van der Waals surface area contributed by atoms with Gasteiger partial charge >= 0.3 is 5.97 Å². The average Bonchev–Trinajstić information content (AvgIpc) is 2.58. The zero-order chi connectivity index (χ0) is 17.5. The second-order valence-corrected chi connectivity index (χ2v) is 6.13. The van der Waals surface area contributed by atoms with Crippen molar-refractivity contribution >= 4 is 39.6 Å². The van der Waals surface area contributed by atoms with Crippen LogP contribution in [0.5, 0.6) is 11.5 Å². The van der Waals surface area contributed by atoms with Crippen LogP contribution in [0.4, 0.5) is 0 Å². The second-order valence-electron chi connectivity index (χ2n) is 4.81. The van der Waals surface area contributed by atoms with E-state index in [1.165, 1.54) is 20.3 Å². The topological polar surface area (TPSA) is 44.8 Å². The molecule has 0 atom stereocenters. The molecule has 2 aromatic carbocycles. The summed E-state index contributed by atoms with van der Waals surface area (Å²) in [5.41, 5.74) is 1.62. The Morgan fingerprint density at radius 1 is 1.17 bits per heavy atom. The van der Waals surface area contributed by atoms with Crippen LogP contribution < -0.4 is 9.47 Å². The zero-order valence-corrected chi connectivity index (χ0v) is 15.6. The number of hydrogen-bond acceptors (Lipinski definition) is 4. The van der Waals surface area contributed by atoms with E-state index < -0.39 is 5.97 Å². The van der Waals surface area contributed by atoms with E-state index in [2.05, 4.69) is 15.9 Å². The normalized spacial score (nSPS) is 10.7. The molecule has 0 aromatic heterocycles. The van der Waals surface area contributed by atoms with Crippen LogP contribution in [0.1, 0.15) is 11.1 Å². The second kappa shape index (κ2) is 8.76. The standard InChI is InChI=1S/C18H16BrClO4/c1-22-16-10-13(9-15(20)18(16)23-2)5-8-17(21)24-11-12-3-6-14(19)7-4-12/h3-10H,11H2,1-2H3/b8-5+. The van der Waals surface area contributed by atoms with E-state index in [1.54, 1.807) is 18.2 Å². The number of carbonyl (C=O) groups excluding carboxylic acids is 1. The van der Waals surface area contributed by atoms with E-state index in [4.69, 9.17) is 25.8 Å². The fourth-order valence-electron chi connectivity index (χ4n) is 1.98. The molecule has 2 rings (SSSR count). The summed E-state index contributed by atoms with van der Waals surface area (Å²) in [6.45, 7) is 0.211. The molecule has 24 heavy (non-hydrogen) atoms. The minimum atomic E-state index is -0.441. The van der Waals surface area contributed by atoms with Gasteiger partial charge in [0.2, 0.25) is 0 Å². The number of ether oxygens (including phenoxy) is 3. The summed E-state index contributed by atoms with van der Waals surface area (Å²) in [7, 11) is 3.03. The highest BCUT2D eigenvalue weighted by Gasteiger charge is 2.10. The van der Waals surface area contributed by atoms with Crippen molar-refractivity contribution in [2.75, 3.05) is 14.2 Å². The number of esters is 1. The van der Waals surface area contributed by atoms with Crippen molar-refractivity contribution in [3.8, 4) is 11.5 Å². The molecule has 0 fully saturated rings. The summed E-state index contributed by atoms with van der Waals surface area (Å²) in [5, 5.41) is 0.403. The minimum Gasteiger partial charge on any atom is -0.493 e. The Hall–Kier alpha value is -1.98. The fraction of sp³-hybridized carbons (Fsp3) is 0.167. The van der Waals surface area contributed by atoms with Crippen LogP contribution >= 0.6 is 27.5 Å². The van der Waals surface area contributed by atoms with Gasteiger partial charge < -0.3 is 14.2 Å². The highest BCUT2D eigenvalue weighted by molar-refractivity contribution is 9.10. The summed E-state index contributed by atoms with van der Waals surface area (Å²) in [6.07, 6.45) is 2.95. The smallest absolute Gasteiger partial charge is 0.331 e. The van der Waals surface area contributed by atoms with Gasteiger partial charge in [-0.05, 0) is 41.5 Å². The van der Waals surface area contributed by atoms with Crippen molar-refractivity contribution in [1.82, 2.24) is 0 Å². The number of halogens is 2. The first-order valence-corrected chi connectivity index (χ1v) is 8.21. The van der Waals surface area contributed by atoms with Gasteiger partial charge in [0.05, 0.1) is 19.2 Å². The predicted octanol–water partition coefficient (Wildman–Crippen LogP) is 4.88. The third-order valence-corrected chi connectivity index (χ3v) is 3.97. The maximum Gasteiger partial charge on any atom is 0.331 e. The summed E-state index contributed by atoms with van der Waals surface area (Å²) in [4.78, 5) is 11.8. The van der Waals surface area contributed by atoms with Crippen LogP contribution in [-0.2, 0) is 16.1 Å². The molecular formula is C18H16BrClO4. The van der Waals surface area contributed by atoms with Gasteiger partial charge in [-0.25, -0.2) is 4.79 Å². The molecule has 0 N–H and O–H groups in total. The van der Waals surface area contributed by atoms with E-state index in [9.17, 15) is 4.79 Å². The summed E-state index contributed by atoms with van der Waals surface area (Å²) < 4.78 is 16.5. The first-order chi connectivity index (χ1) is 11.5. The average molecular weight is 412 g/mol. The molecule has 0 aliphatic heterocycles. The van der Waals surface area contributed by atoms with Gasteiger partial charge in [0.1, 0.15) is 6.61 Å². The molecule has 4 nitrogen and oxygen atoms in total. The lowest BCUT2D eigenvalue weighted by molar-refractivity contribution is -0.138. The maximum absolute atomic E-state index is 11.8. The number of methoxy groups -OCH3 is 2. The minimum absolute atomic E-state index is 0.211. The van der Waals surface area contributed by atoms with Gasteiger partial charge in [-0.2, -0.15) is 0 Å². The van der Waals surface area contributed by atoms with Crippen LogP contribution in [0, 0.1) is 0 Å². The first-order valence-electron chi connectivity index (χ1n) is 7.04. The van der Waals surface area contributed by atoms with E-state index in [-0.39, 0.29) is 6.61 Å². The molecular weight excluding hydrogens is 396 g/mol. The van der Waals surface area contributed by atoms with E-state index in [1.807, 2.05) is 24.3 Å². The van der Waals surface area contributed by atoms with Crippen molar-refractivity contribution in [3.63, 3.8) is 0 Å². The van der Waals surface area contributed by atoms with E-state index >= 15 is 0 Å². The molecule has 126 valence electrons. The number of hydrogen-bond donors (Lipinski definition) is 0. The molecule has 0 aliphatic carbocycles. The Morgan fingerprint density at radius 2 is 1.88 bits per heavy atom.